The van der Waals surface area contributed by atoms with Gasteiger partial charge in [-0.25, -0.2) is 0 Å². The van der Waals surface area contributed by atoms with Crippen LogP contribution < -0.4 is 4.74 Å². The molecule has 18 heavy (non-hydrogen) atoms. The SMILES string of the molecule is CCC1(CC)OCC(CCOc2nc(S)ns2)O1. The molecule has 0 spiro atoms. The molecule has 1 unspecified atom stereocenters. The van der Waals surface area contributed by atoms with Crippen LogP contribution in [0.1, 0.15) is 33.1 Å². The topological polar surface area (TPSA) is 53.5 Å². The quantitative estimate of drug-likeness (QED) is 0.816. The third kappa shape index (κ3) is 3.34. The molecule has 2 rings (SSSR count). The highest BCUT2D eigenvalue weighted by atomic mass is 32.1. The van der Waals surface area contributed by atoms with Gasteiger partial charge in [-0.1, -0.05) is 13.8 Å². The Balaban J connectivity index is 1.72. The Morgan fingerprint density at radius 1 is 1.50 bits per heavy atom. The van der Waals surface area contributed by atoms with Gasteiger partial charge in [0, 0.05) is 18.0 Å². The first-order chi connectivity index (χ1) is 8.67. The smallest absolute Gasteiger partial charge is 0.293 e. The summed E-state index contributed by atoms with van der Waals surface area (Å²) in [6.45, 7) is 5.36. The van der Waals surface area contributed by atoms with Gasteiger partial charge in [0.15, 0.2) is 5.79 Å². The van der Waals surface area contributed by atoms with E-state index in [1.54, 1.807) is 0 Å². The van der Waals surface area contributed by atoms with Crippen LogP contribution in [0.15, 0.2) is 5.16 Å². The van der Waals surface area contributed by atoms with Crippen molar-refractivity contribution >= 4 is 24.2 Å². The summed E-state index contributed by atoms with van der Waals surface area (Å²) in [4.78, 5) is 4.01. The van der Waals surface area contributed by atoms with E-state index in [4.69, 9.17) is 14.2 Å². The van der Waals surface area contributed by atoms with Crippen molar-refractivity contribution in [3.8, 4) is 5.19 Å². The lowest BCUT2D eigenvalue weighted by atomic mass is 10.1. The lowest BCUT2D eigenvalue weighted by molar-refractivity contribution is -0.172. The molecule has 1 fully saturated rings. The fourth-order valence-electron chi connectivity index (χ4n) is 1.92. The number of rotatable bonds is 6. The van der Waals surface area contributed by atoms with Crippen LogP contribution in [0.4, 0.5) is 0 Å². The summed E-state index contributed by atoms with van der Waals surface area (Å²) >= 11 is 5.24. The highest BCUT2D eigenvalue weighted by molar-refractivity contribution is 7.80. The monoisotopic (exact) mass is 290 g/mol. The van der Waals surface area contributed by atoms with Crippen LogP contribution in [0.25, 0.3) is 0 Å². The van der Waals surface area contributed by atoms with Crippen LogP contribution in [0.2, 0.25) is 0 Å². The fraction of sp³-hybridized carbons (Fsp3) is 0.818. The summed E-state index contributed by atoms with van der Waals surface area (Å²) in [6.07, 6.45) is 2.65. The summed E-state index contributed by atoms with van der Waals surface area (Å²) in [5, 5.41) is 1.00. The summed E-state index contributed by atoms with van der Waals surface area (Å²) in [6, 6.07) is 0. The second-order valence-electron chi connectivity index (χ2n) is 4.17. The number of thiol groups is 1. The third-order valence-electron chi connectivity index (χ3n) is 3.05. The Kier molecular flexibility index (Phi) is 4.83. The molecule has 0 aliphatic carbocycles. The van der Waals surface area contributed by atoms with E-state index in [1.165, 1.54) is 11.5 Å². The van der Waals surface area contributed by atoms with Gasteiger partial charge in [0.2, 0.25) is 5.16 Å². The molecular weight excluding hydrogens is 272 g/mol. The van der Waals surface area contributed by atoms with Crippen LogP contribution >= 0.6 is 24.2 Å². The molecule has 1 aromatic heterocycles. The Morgan fingerprint density at radius 3 is 2.83 bits per heavy atom. The molecule has 7 heteroatoms. The molecule has 1 aliphatic heterocycles. The first-order valence-electron chi connectivity index (χ1n) is 6.14. The van der Waals surface area contributed by atoms with Crippen molar-refractivity contribution in [3.05, 3.63) is 0 Å². The van der Waals surface area contributed by atoms with Crippen LogP contribution in [-0.4, -0.2) is 34.5 Å². The van der Waals surface area contributed by atoms with E-state index in [0.717, 1.165) is 19.3 Å². The first-order valence-corrected chi connectivity index (χ1v) is 7.36. The van der Waals surface area contributed by atoms with Crippen molar-refractivity contribution in [1.29, 1.82) is 0 Å². The molecule has 0 radical (unpaired) electrons. The van der Waals surface area contributed by atoms with Crippen molar-refractivity contribution in [2.45, 2.75) is 50.2 Å². The minimum absolute atomic E-state index is 0.105. The number of nitrogens with zero attached hydrogens (tertiary/aromatic N) is 2. The van der Waals surface area contributed by atoms with E-state index < -0.39 is 0 Å². The summed E-state index contributed by atoms with van der Waals surface area (Å²) < 4.78 is 21.1. The molecule has 1 saturated heterocycles. The molecule has 1 aliphatic rings. The number of aromatic nitrogens is 2. The van der Waals surface area contributed by atoms with Crippen LogP contribution in [0.5, 0.6) is 5.19 Å². The first kappa shape index (κ1) is 14.0. The molecule has 0 N–H and O–H groups in total. The van der Waals surface area contributed by atoms with Gasteiger partial charge < -0.3 is 14.2 Å². The third-order valence-corrected chi connectivity index (χ3v) is 4.02. The van der Waals surface area contributed by atoms with Gasteiger partial charge >= 0.3 is 0 Å². The lowest BCUT2D eigenvalue weighted by Crippen LogP contribution is -2.29. The van der Waals surface area contributed by atoms with Crippen molar-refractivity contribution in [2.75, 3.05) is 13.2 Å². The predicted octanol–water partition coefficient (Wildman–Crippen LogP) is 2.53. The van der Waals surface area contributed by atoms with E-state index in [0.29, 0.717) is 23.6 Å². The maximum absolute atomic E-state index is 5.94. The second-order valence-corrected chi connectivity index (χ2v) is 5.28. The zero-order chi connectivity index (χ0) is 13.0. The van der Waals surface area contributed by atoms with Gasteiger partial charge in [-0.3, -0.25) is 0 Å². The summed E-state index contributed by atoms with van der Waals surface area (Å²) in [5.74, 6) is -0.383. The average Bonchev–Trinajstić information content (AvgIpc) is 2.97. The predicted molar refractivity (Wildman–Crippen MR) is 71.4 cm³/mol. The Labute approximate surface area is 116 Å². The molecular formula is C11H18N2O3S2. The standard InChI is InChI=1S/C11H18N2O3S2/c1-3-11(4-2)15-7-8(16-11)5-6-14-10-12-9(17)13-18-10/h8H,3-7H2,1-2H3,(H,13,17). The van der Waals surface area contributed by atoms with Gasteiger partial charge in [0.1, 0.15) is 0 Å². The molecule has 0 bridgehead atoms. The van der Waals surface area contributed by atoms with Crippen molar-refractivity contribution in [1.82, 2.24) is 9.36 Å². The molecule has 0 saturated carbocycles. The molecule has 5 nitrogen and oxygen atoms in total. The van der Waals surface area contributed by atoms with Gasteiger partial charge in [-0.05, 0) is 12.8 Å². The van der Waals surface area contributed by atoms with Crippen LogP contribution in [0, 0.1) is 0 Å². The average molecular weight is 290 g/mol. The Bertz CT molecular complexity index is 382. The molecule has 1 aromatic rings. The Hall–Kier alpha value is -0.370. The highest BCUT2D eigenvalue weighted by Gasteiger charge is 2.38. The minimum atomic E-state index is -0.383. The molecule has 0 aromatic carbocycles. The fourth-order valence-corrected chi connectivity index (χ4v) is 2.66. The van der Waals surface area contributed by atoms with E-state index in [2.05, 4.69) is 35.8 Å². The van der Waals surface area contributed by atoms with E-state index >= 15 is 0 Å². The zero-order valence-corrected chi connectivity index (χ0v) is 12.3. The van der Waals surface area contributed by atoms with Gasteiger partial charge in [-0.15, -0.1) is 12.6 Å². The molecule has 2 heterocycles. The Morgan fingerprint density at radius 2 is 2.28 bits per heavy atom. The van der Waals surface area contributed by atoms with E-state index in [9.17, 15) is 0 Å². The van der Waals surface area contributed by atoms with Crippen LogP contribution in [0.3, 0.4) is 0 Å². The highest BCUT2D eigenvalue weighted by Crippen LogP contribution is 2.31. The number of hydrogen-bond donors (Lipinski definition) is 1. The summed E-state index contributed by atoms with van der Waals surface area (Å²) in [5.41, 5.74) is 0. The second kappa shape index (κ2) is 6.18. The molecule has 102 valence electrons. The largest absolute Gasteiger partial charge is 0.469 e. The maximum atomic E-state index is 5.94. The van der Waals surface area contributed by atoms with E-state index in [1.807, 2.05) is 0 Å². The van der Waals surface area contributed by atoms with Gasteiger partial charge in [-0.2, -0.15) is 9.36 Å². The molecule has 0 amide bonds. The van der Waals surface area contributed by atoms with Gasteiger partial charge in [0.25, 0.3) is 5.19 Å². The van der Waals surface area contributed by atoms with E-state index in [-0.39, 0.29) is 11.9 Å². The minimum Gasteiger partial charge on any atom is -0.469 e. The lowest BCUT2D eigenvalue weighted by Gasteiger charge is -2.24. The molecule has 1 atom stereocenters. The number of ether oxygens (including phenoxy) is 3. The van der Waals surface area contributed by atoms with Crippen molar-refractivity contribution in [3.63, 3.8) is 0 Å². The van der Waals surface area contributed by atoms with Crippen molar-refractivity contribution < 1.29 is 14.2 Å². The van der Waals surface area contributed by atoms with Crippen molar-refractivity contribution in [2.24, 2.45) is 0 Å². The summed E-state index contributed by atoms with van der Waals surface area (Å²) in [7, 11) is 0. The van der Waals surface area contributed by atoms with Crippen LogP contribution in [-0.2, 0) is 9.47 Å². The van der Waals surface area contributed by atoms with Gasteiger partial charge in [0.05, 0.1) is 19.3 Å². The zero-order valence-electron chi connectivity index (χ0n) is 10.6. The maximum Gasteiger partial charge on any atom is 0.293 e. The number of hydrogen-bond acceptors (Lipinski definition) is 7. The normalized spacial score (nSPS) is 22.3.